The zero-order valence-corrected chi connectivity index (χ0v) is 22.2. The van der Waals surface area contributed by atoms with Gasteiger partial charge in [0.25, 0.3) is 5.56 Å². The lowest BCUT2D eigenvalue weighted by molar-refractivity contribution is 0.141. The number of aromatic nitrogens is 2. The minimum Gasteiger partial charge on any atom is -0.497 e. The fourth-order valence-corrected chi connectivity index (χ4v) is 5.04. The molecule has 2 N–H and O–H groups in total. The number of aryl methyl sites for hydroxylation is 1. The third-order valence-electron chi connectivity index (χ3n) is 6.55. The molecule has 4 rings (SSSR count). The van der Waals surface area contributed by atoms with E-state index in [1.54, 1.807) is 51.4 Å². The summed E-state index contributed by atoms with van der Waals surface area (Å²) in [4.78, 5) is 29.4. The number of halogens is 1. The van der Waals surface area contributed by atoms with Crippen molar-refractivity contribution < 1.29 is 23.8 Å². The highest BCUT2D eigenvalue weighted by molar-refractivity contribution is 6.06. The first-order chi connectivity index (χ1) is 18.0. The van der Waals surface area contributed by atoms with Crippen molar-refractivity contribution in [2.75, 3.05) is 13.7 Å². The van der Waals surface area contributed by atoms with E-state index < -0.39 is 17.4 Å². The summed E-state index contributed by atoms with van der Waals surface area (Å²) in [5, 5.41) is 13.4. The van der Waals surface area contributed by atoms with Crippen LogP contribution in [0.2, 0.25) is 0 Å². The van der Waals surface area contributed by atoms with E-state index in [9.17, 15) is 14.7 Å². The van der Waals surface area contributed by atoms with Gasteiger partial charge >= 0.3 is 6.09 Å². The van der Waals surface area contributed by atoms with E-state index in [0.717, 1.165) is 5.56 Å². The van der Waals surface area contributed by atoms with Gasteiger partial charge in [-0.05, 0) is 67.5 Å². The lowest BCUT2D eigenvalue weighted by atomic mass is 9.91. The number of nitrogens with zero attached hydrogens (tertiary/aromatic N) is 2. The van der Waals surface area contributed by atoms with E-state index >= 15 is 4.39 Å². The van der Waals surface area contributed by atoms with Crippen LogP contribution in [0.25, 0.3) is 21.7 Å². The molecule has 2 aromatic heterocycles. The van der Waals surface area contributed by atoms with Crippen molar-refractivity contribution in [2.24, 2.45) is 5.92 Å². The molecule has 0 spiro atoms. The molecule has 0 aliphatic heterocycles. The number of fused-ring (bicyclic) bond motifs is 3. The van der Waals surface area contributed by atoms with Crippen molar-refractivity contribution in [3.05, 3.63) is 76.1 Å². The number of hydrogen-bond acceptors (Lipinski definition) is 5. The minimum atomic E-state index is -1.18. The molecule has 1 amide bonds. The molecule has 2 aromatic carbocycles. The lowest BCUT2D eigenvalue weighted by Gasteiger charge is -2.31. The molecule has 38 heavy (non-hydrogen) atoms. The third kappa shape index (κ3) is 5.41. The molecule has 0 aliphatic carbocycles. The second-order valence-corrected chi connectivity index (χ2v) is 10.2. The number of pyridine rings is 2. The number of benzene rings is 2. The molecule has 1 unspecified atom stereocenters. The van der Waals surface area contributed by atoms with Crippen LogP contribution in [0.4, 0.5) is 9.18 Å². The molecular weight excluding hydrogens is 489 g/mol. The third-order valence-corrected chi connectivity index (χ3v) is 6.55. The van der Waals surface area contributed by atoms with Crippen molar-refractivity contribution in [1.29, 1.82) is 0 Å². The minimum absolute atomic E-state index is 0.0623. The molecule has 0 radical (unpaired) electrons. The van der Waals surface area contributed by atoms with E-state index in [4.69, 9.17) is 9.47 Å². The molecular formula is C29H32FN3O5. The molecule has 4 aromatic rings. The van der Waals surface area contributed by atoms with Crippen molar-refractivity contribution in [3.63, 3.8) is 0 Å². The van der Waals surface area contributed by atoms with Gasteiger partial charge in [0.05, 0.1) is 35.8 Å². The first kappa shape index (κ1) is 26.9. The number of rotatable bonds is 9. The van der Waals surface area contributed by atoms with Crippen LogP contribution in [-0.4, -0.2) is 40.0 Å². The average molecular weight is 522 g/mol. The van der Waals surface area contributed by atoms with Crippen LogP contribution in [0, 0.1) is 18.7 Å². The van der Waals surface area contributed by atoms with Gasteiger partial charge in [-0.25, -0.2) is 9.18 Å². The van der Waals surface area contributed by atoms with E-state index in [2.05, 4.69) is 10.3 Å². The maximum absolute atomic E-state index is 16.2. The zero-order chi connectivity index (χ0) is 27.6. The zero-order valence-electron chi connectivity index (χ0n) is 22.2. The van der Waals surface area contributed by atoms with E-state index in [-0.39, 0.29) is 35.9 Å². The van der Waals surface area contributed by atoms with Crippen molar-refractivity contribution in [3.8, 4) is 11.5 Å². The Morgan fingerprint density at radius 2 is 1.87 bits per heavy atom. The van der Waals surface area contributed by atoms with Crippen LogP contribution in [0.15, 0.2) is 53.5 Å². The summed E-state index contributed by atoms with van der Waals surface area (Å²) in [6, 6.07) is 12.2. The lowest BCUT2D eigenvalue weighted by Crippen LogP contribution is -2.50. The Morgan fingerprint density at radius 1 is 1.16 bits per heavy atom. The predicted octanol–water partition coefficient (Wildman–Crippen LogP) is 5.51. The van der Waals surface area contributed by atoms with Gasteiger partial charge in [0, 0.05) is 11.6 Å². The second kappa shape index (κ2) is 10.7. The summed E-state index contributed by atoms with van der Waals surface area (Å²) in [5.41, 5.74) is 0.162. The van der Waals surface area contributed by atoms with Crippen molar-refractivity contribution in [1.82, 2.24) is 14.9 Å². The SMILES string of the molecule is COc1ccc(Cn2c(=O)c3c(C)nccc3c3ccc(OCC(C)(CC(C)C)NC(=O)O)c(F)c32)cc1. The van der Waals surface area contributed by atoms with Gasteiger partial charge in [-0.1, -0.05) is 26.0 Å². The fourth-order valence-electron chi connectivity index (χ4n) is 5.04. The van der Waals surface area contributed by atoms with Crippen molar-refractivity contribution in [2.45, 2.75) is 46.2 Å². The van der Waals surface area contributed by atoms with Gasteiger partial charge in [0.2, 0.25) is 0 Å². The molecule has 2 heterocycles. The van der Waals surface area contributed by atoms with Crippen LogP contribution in [0.1, 0.15) is 38.4 Å². The molecule has 9 heteroatoms. The highest BCUT2D eigenvalue weighted by Gasteiger charge is 2.29. The highest BCUT2D eigenvalue weighted by Crippen LogP contribution is 2.32. The molecule has 0 bridgehead atoms. The number of nitrogens with one attached hydrogen (secondary N) is 1. The van der Waals surface area contributed by atoms with Crippen LogP contribution < -0.4 is 20.3 Å². The number of methoxy groups -OCH3 is 1. The number of ether oxygens (including phenoxy) is 2. The summed E-state index contributed by atoms with van der Waals surface area (Å²) in [5.74, 6) is 0.0972. The van der Waals surface area contributed by atoms with Crippen LogP contribution in [-0.2, 0) is 6.54 Å². The first-order valence-electron chi connectivity index (χ1n) is 12.4. The van der Waals surface area contributed by atoms with Gasteiger partial charge in [-0.2, -0.15) is 0 Å². The number of carbonyl (C=O) groups is 1. The molecule has 0 saturated heterocycles. The first-order valence-corrected chi connectivity index (χ1v) is 12.4. The number of amides is 1. The molecule has 0 fully saturated rings. The average Bonchev–Trinajstić information content (AvgIpc) is 2.85. The quantitative estimate of drug-likeness (QED) is 0.282. The second-order valence-electron chi connectivity index (χ2n) is 10.2. The van der Waals surface area contributed by atoms with Gasteiger partial charge in [0.15, 0.2) is 11.6 Å². The van der Waals surface area contributed by atoms with Crippen molar-refractivity contribution >= 4 is 27.8 Å². The molecule has 200 valence electrons. The highest BCUT2D eigenvalue weighted by atomic mass is 19.1. The Bertz CT molecular complexity index is 1550. The van der Waals surface area contributed by atoms with Gasteiger partial charge in [-0.3, -0.25) is 9.78 Å². The standard InChI is InChI=1S/C29H32FN3O5/c1-17(2)14-29(4,32-28(35)36)16-38-23-11-10-22-21-12-13-31-18(3)24(21)27(34)33(26(22)25(23)30)15-19-6-8-20(37-5)9-7-19/h6-13,17,32H,14-16H2,1-5H3,(H,35,36). The maximum Gasteiger partial charge on any atom is 0.405 e. The van der Waals surface area contributed by atoms with Gasteiger partial charge in [-0.15, -0.1) is 0 Å². The molecule has 0 saturated carbocycles. The summed E-state index contributed by atoms with van der Waals surface area (Å²) in [6.07, 6.45) is 0.911. The van der Waals surface area contributed by atoms with E-state index in [1.807, 2.05) is 26.0 Å². The predicted molar refractivity (Wildman–Crippen MR) is 145 cm³/mol. The Hall–Kier alpha value is -4.14. The van der Waals surface area contributed by atoms with Gasteiger partial charge < -0.3 is 24.5 Å². The Morgan fingerprint density at radius 3 is 2.50 bits per heavy atom. The van der Waals surface area contributed by atoms with Crippen LogP contribution in [0.5, 0.6) is 11.5 Å². The van der Waals surface area contributed by atoms with Crippen LogP contribution in [0.3, 0.4) is 0 Å². The molecule has 0 aliphatic rings. The summed E-state index contributed by atoms with van der Waals surface area (Å²) in [6.45, 7) is 7.46. The van der Waals surface area contributed by atoms with E-state index in [0.29, 0.717) is 34.0 Å². The Balaban J connectivity index is 1.86. The topological polar surface area (TPSA) is 103 Å². The normalized spacial score (nSPS) is 13.0. The molecule has 1 atom stereocenters. The smallest absolute Gasteiger partial charge is 0.405 e. The number of carboxylic acid groups (broad SMARTS) is 1. The van der Waals surface area contributed by atoms with E-state index in [1.165, 1.54) is 10.6 Å². The number of hydrogen-bond donors (Lipinski definition) is 2. The maximum atomic E-state index is 16.2. The van der Waals surface area contributed by atoms with Gasteiger partial charge in [0.1, 0.15) is 12.4 Å². The monoisotopic (exact) mass is 521 g/mol. The summed E-state index contributed by atoms with van der Waals surface area (Å²) >= 11 is 0. The summed E-state index contributed by atoms with van der Waals surface area (Å²) in [7, 11) is 1.57. The Kier molecular flexibility index (Phi) is 7.57. The summed E-state index contributed by atoms with van der Waals surface area (Å²) < 4.78 is 28.7. The Labute approximate surface area is 220 Å². The van der Waals surface area contributed by atoms with Crippen LogP contribution >= 0.6 is 0 Å². The molecule has 8 nitrogen and oxygen atoms in total. The fraction of sp³-hybridized carbons (Fsp3) is 0.345. The largest absolute Gasteiger partial charge is 0.497 e.